The molecule has 0 radical (unpaired) electrons. The lowest BCUT2D eigenvalue weighted by molar-refractivity contribution is 0.0729. The van der Waals surface area contributed by atoms with Crippen LogP contribution in [-0.4, -0.2) is 52.5 Å². The molecule has 1 amide bonds. The summed E-state index contributed by atoms with van der Waals surface area (Å²) in [6.07, 6.45) is 3.57. The molecule has 2 bridgehead atoms. The lowest BCUT2D eigenvalue weighted by Gasteiger charge is -2.35. The number of amides is 1. The average molecular weight is 343 g/mol. The van der Waals surface area contributed by atoms with Gasteiger partial charge in [0, 0.05) is 43.6 Å². The Labute approximate surface area is 148 Å². The third-order valence-electron chi connectivity index (χ3n) is 5.85. The minimum absolute atomic E-state index is 0.0781. The topological polar surface area (TPSA) is 28.5 Å². The van der Waals surface area contributed by atoms with E-state index in [4.69, 9.17) is 0 Å². The fourth-order valence-electron chi connectivity index (χ4n) is 4.59. The molecular weight excluding hydrogens is 317 g/mol. The Bertz CT molecular complexity index is 800. The number of piperidine rings is 1. The number of nitrogens with zero attached hydrogens (tertiary/aromatic N) is 3. The number of aryl methyl sites for hydroxylation is 1. The first-order valence-corrected chi connectivity index (χ1v) is 9.35. The summed E-state index contributed by atoms with van der Waals surface area (Å²) in [6.45, 7) is 6.10. The molecule has 3 aliphatic heterocycles. The Morgan fingerprint density at radius 1 is 1.20 bits per heavy atom. The van der Waals surface area contributed by atoms with Crippen molar-refractivity contribution in [2.75, 3.05) is 26.2 Å². The van der Waals surface area contributed by atoms with E-state index in [2.05, 4.69) is 11.8 Å². The molecule has 3 fully saturated rings. The van der Waals surface area contributed by atoms with Crippen molar-refractivity contribution in [2.24, 2.45) is 13.0 Å². The van der Waals surface area contributed by atoms with Crippen LogP contribution in [0.2, 0.25) is 0 Å². The Balaban J connectivity index is 1.62. The second kappa shape index (κ2) is 6.45. The normalized spacial score (nSPS) is 24.0. The van der Waals surface area contributed by atoms with Crippen molar-refractivity contribution >= 4 is 16.8 Å². The molecule has 3 aliphatic rings. The Morgan fingerprint density at radius 2 is 2.04 bits per heavy atom. The first-order chi connectivity index (χ1) is 12.1. The molecule has 4 heterocycles. The molecule has 4 nitrogen and oxygen atoms in total. The Kier molecular flexibility index (Phi) is 4.28. The summed E-state index contributed by atoms with van der Waals surface area (Å²) in [4.78, 5) is 17.8. The van der Waals surface area contributed by atoms with Crippen LogP contribution in [0.4, 0.5) is 4.39 Å². The van der Waals surface area contributed by atoms with Gasteiger partial charge in [0.1, 0.15) is 11.5 Å². The van der Waals surface area contributed by atoms with Crippen LogP contribution in [0.15, 0.2) is 24.3 Å². The summed E-state index contributed by atoms with van der Waals surface area (Å²) >= 11 is 0. The average Bonchev–Trinajstić information content (AvgIpc) is 2.76. The lowest BCUT2D eigenvalue weighted by atomic mass is 9.95. The third-order valence-corrected chi connectivity index (χ3v) is 5.85. The van der Waals surface area contributed by atoms with Crippen LogP contribution < -0.4 is 0 Å². The number of benzene rings is 1. The van der Waals surface area contributed by atoms with Gasteiger partial charge in [0.25, 0.3) is 5.91 Å². The van der Waals surface area contributed by atoms with Crippen molar-refractivity contribution < 1.29 is 9.18 Å². The molecule has 2 aromatic rings. The van der Waals surface area contributed by atoms with Gasteiger partial charge in [-0.15, -0.1) is 0 Å². The van der Waals surface area contributed by atoms with Gasteiger partial charge in [-0.05, 0) is 56.0 Å². The van der Waals surface area contributed by atoms with Gasteiger partial charge in [0.05, 0.1) is 0 Å². The maximum Gasteiger partial charge on any atom is 0.270 e. The second-order valence-corrected chi connectivity index (χ2v) is 7.59. The first-order valence-electron chi connectivity index (χ1n) is 9.35. The molecule has 1 aromatic heterocycles. The van der Waals surface area contributed by atoms with Crippen LogP contribution >= 0.6 is 0 Å². The lowest BCUT2D eigenvalue weighted by Crippen LogP contribution is -2.44. The molecule has 0 N–H and O–H groups in total. The monoisotopic (exact) mass is 343 g/mol. The van der Waals surface area contributed by atoms with Crippen molar-refractivity contribution in [3.8, 4) is 0 Å². The van der Waals surface area contributed by atoms with E-state index in [1.54, 1.807) is 6.07 Å². The number of carbonyl (C=O) groups excluding carboxylic acids is 1. The van der Waals surface area contributed by atoms with E-state index in [1.165, 1.54) is 25.0 Å². The van der Waals surface area contributed by atoms with Gasteiger partial charge in [0.15, 0.2) is 0 Å². The number of hydrogen-bond acceptors (Lipinski definition) is 2. The van der Waals surface area contributed by atoms with E-state index >= 15 is 0 Å². The largest absolute Gasteiger partial charge is 0.340 e. The molecule has 25 heavy (non-hydrogen) atoms. The summed E-state index contributed by atoms with van der Waals surface area (Å²) in [5, 5.41) is 0.788. The van der Waals surface area contributed by atoms with Gasteiger partial charge in [-0.25, -0.2) is 4.39 Å². The molecule has 5 rings (SSSR count). The Morgan fingerprint density at radius 3 is 2.84 bits per heavy atom. The van der Waals surface area contributed by atoms with Gasteiger partial charge in [-0.3, -0.25) is 9.69 Å². The zero-order valence-electron chi connectivity index (χ0n) is 15.0. The van der Waals surface area contributed by atoms with E-state index < -0.39 is 0 Å². The third kappa shape index (κ3) is 2.95. The molecule has 0 unspecified atom stereocenters. The zero-order chi connectivity index (χ0) is 17.6. The fraction of sp³-hybridized carbons (Fsp3) is 0.550. The van der Waals surface area contributed by atoms with Gasteiger partial charge < -0.3 is 9.47 Å². The van der Waals surface area contributed by atoms with E-state index in [9.17, 15) is 9.18 Å². The van der Waals surface area contributed by atoms with E-state index in [1.807, 2.05) is 22.6 Å². The zero-order valence-corrected chi connectivity index (χ0v) is 15.0. The smallest absolute Gasteiger partial charge is 0.270 e. The summed E-state index contributed by atoms with van der Waals surface area (Å²) < 4.78 is 15.4. The van der Waals surface area contributed by atoms with E-state index in [-0.39, 0.29) is 11.7 Å². The van der Waals surface area contributed by atoms with Crippen LogP contribution in [-0.2, 0) is 7.05 Å². The molecule has 5 heteroatoms. The van der Waals surface area contributed by atoms with Crippen molar-refractivity contribution in [3.63, 3.8) is 0 Å². The summed E-state index contributed by atoms with van der Waals surface area (Å²) in [6, 6.07) is 7.01. The number of carbonyl (C=O) groups is 1. The van der Waals surface area contributed by atoms with Crippen molar-refractivity contribution in [3.05, 3.63) is 35.8 Å². The molecule has 0 spiro atoms. The summed E-state index contributed by atoms with van der Waals surface area (Å²) in [5.74, 6) is 0.385. The molecule has 134 valence electrons. The highest BCUT2D eigenvalue weighted by atomic mass is 19.1. The second-order valence-electron chi connectivity index (χ2n) is 7.59. The van der Waals surface area contributed by atoms with Crippen LogP contribution in [0.25, 0.3) is 10.9 Å². The number of rotatable bonds is 3. The van der Waals surface area contributed by atoms with Crippen molar-refractivity contribution in [1.29, 1.82) is 0 Å². The number of aromatic nitrogens is 1. The molecule has 0 aliphatic carbocycles. The molecular formula is C20H26FN3O. The molecule has 3 saturated heterocycles. The van der Waals surface area contributed by atoms with Gasteiger partial charge in [0.2, 0.25) is 0 Å². The van der Waals surface area contributed by atoms with Crippen LogP contribution in [0.3, 0.4) is 0 Å². The molecule has 2 atom stereocenters. The minimum Gasteiger partial charge on any atom is -0.340 e. The van der Waals surface area contributed by atoms with Crippen LogP contribution in [0, 0.1) is 11.7 Å². The molecule has 1 aromatic carbocycles. The summed E-state index contributed by atoms with van der Waals surface area (Å²) in [7, 11) is 1.89. The van der Waals surface area contributed by atoms with Crippen molar-refractivity contribution in [2.45, 2.75) is 32.2 Å². The van der Waals surface area contributed by atoms with Gasteiger partial charge >= 0.3 is 0 Å². The van der Waals surface area contributed by atoms with Crippen LogP contribution in [0.5, 0.6) is 0 Å². The quantitative estimate of drug-likeness (QED) is 0.856. The number of hydrogen-bond donors (Lipinski definition) is 0. The minimum atomic E-state index is -0.264. The van der Waals surface area contributed by atoms with E-state index in [0.29, 0.717) is 17.7 Å². The highest BCUT2D eigenvalue weighted by molar-refractivity contribution is 5.98. The highest BCUT2D eigenvalue weighted by Gasteiger charge is 2.36. The highest BCUT2D eigenvalue weighted by Crippen LogP contribution is 2.29. The SMILES string of the molecule is CCCN1C[C@H]2CC[C@@H]1CN(C(=O)c1cc3cc(F)ccc3n1C)C2. The number of halogens is 1. The predicted octanol–water partition coefficient (Wildman–Crippen LogP) is 3.26. The van der Waals surface area contributed by atoms with Crippen LogP contribution in [0.1, 0.15) is 36.7 Å². The van der Waals surface area contributed by atoms with E-state index in [0.717, 1.165) is 43.5 Å². The first kappa shape index (κ1) is 16.6. The number of fused-ring (bicyclic) bond motifs is 5. The molecule has 0 saturated carbocycles. The maximum absolute atomic E-state index is 13.5. The fourth-order valence-corrected chi connectivity index (χ4v) is 4.59. The van der Waals surface area contributed by atoms with Gasteiger partial charge in [-0.1, -0.05) is 6.92 Å². The predicted molar refractivity (Wildman–Crippen MR) is 97.2 cm³/mol. The van der Waals surface area contributed by atoms with Crippen molar-refractivity contribution in [1.82, 2.24) is 14.4 Å². The van der Waals surface area contributed by atoms with Gasteiger partial charge in [-0.2, -0.15) is 0 Å². The standard InChI is InChI=1S/C20H26FN3O/c1-3-8-23-11-14-4-6-17(23)13-24(12-14)20(25)19-10-15-9-16(21)5-7-18(15)22(19)2/h5,7,9-10,14,17H,3-4,6,8,11-13H2,1-2H3/t14-,17-/m1/s1. The Hall–Kier alpha value is -1.88. The summed E-state index contributed by atoms with van der Waals surface area (Å²) in [5.41, 5.74) is 1.55. The maximum atomic E-state index is 13.5.